The van der Waals surface area contributed by atoms with Crippen molar-refractivity contribution in [2.24, 2.45) is 0 Å². The van der Waals surface area contributed by atoms with Gasteiger partial charge in [-0.3, -0.25) is 19.4 Å². The predicted molar refractivity (Wildman–Crippen MR) is 232 cm³/mol. The minimum Gasteiger partial charge on any atom is -0.472 e. The third-order valence-electron chi connectivity index (χ3n) is 10.9. The van der Waals surface area contributed by atoms with Crippen molar-refractivity contribution in [3.63, 3.8) is 0 Å². The monoisotopic (exact) mass is 903 g/mol. The maximum Gasteiger partial charge on any atom is 0.258 e. The van der Waals surface area contributed by atoms with E-state index in [1.54, 1.807) is 30.6 Å². The number of nitriles is 1. The summed E-state index contributed by atoms with van der Waals surface area (Å²) < 4.78 is 13.5. The fraction of sp³-hybridized carbons (Fsp3) is 0.311. The molecule has 312 valence electrons. The SMILES string of the molecule is N#Cc1cncc(COc2nc(O[C@H]3CCc4c(-c5cccc(C(=O)Nc6ccc(CNC[C@@H]7CCC(=O)N7)cn6)c5Cl)cccc43)c(Br)cc2CNC[C@@H]2CCC(=O)N2)c1. The molecule has 61 heavy (non-hydrogen) atoms. The number of rotatable bonds is 16. The molecule has 16 heteroatoms. The Kier molecular flexibility index (Phi) is 13.2. The van der Waals surface area contributed by atoms with Crippen molar-refractivity contribution in [2.75, 3.05) is 18.4 Å². The van der Waals surface area contributed by atoms with Gasteiger partial charge in [-0.1, -0.05) is 48.0 Å². The quantitative estimate of drug-likeness (QED) is 0.0730. The van der Waals surface area contributed by atoms with Crippen LogP contribution < -0.4 is 36.1 Å². The van der Waals surface area contributed by atoms with Crippen molar-refractivity contribution < 1.29 is 23.9 Å². The van der Waals surface area contributed by atoms with Crippen molar-refractivity contribution in [2.45, 2.75) is 76.4 Å². The van der Waals surface area contributed by atoms with Gasteiger partial charge in [-0.2, -0.15) is 10.2 Å². The molecule has 0 radical (unpaired) electrons. The van der Waals surface area contributed by atoms with Gasteiger partial charge < -0.3 is 36.1 Å². The molecule has 0 unspecified atom stereocenters. The van der Waals surface area contributed by atoms with E-state index in [-0.39, 0.29) is 42.5 Å². The molecule has 5 heterocycles. The molecular formula is C45H43BrClN9O5. The van der Waals surface area contributed by atoms with Crippen LogP contribution in [0.2, 0.25) is 5.02 Å². The van der Waals surface area contributed by atoms with Crippen LogP contribution in [0.5, 0.6) is 11.8 Å². The van der Waals surface area contributed by atoms with Gasteiger partial charge in [0.15, 0.2) is 0 Å². The van der Waals surface area contributed by atoms with Crippen molar-refractivity contribution in [3.05, 3.63) is 128 Å². The molecule has 2 aliphatic heterocycles. The van der Waals surface area contributed by atoms with Gasteiger partial charge in [0.2, 0.25) is 23.6 Å². The number of hydrogen-bond acceptors (Lipinski definition) is 11. The summed E-state index contributed by atoms with van der Waals surface area (Å²) in [6.45, 7) is 2.44. The lowest BCUT2D eigenvalue weighted by Crippen LogP contribution is -2.35. The van der Waals surface area contributed by atoms with E-state index in [0.29, 0.717) is 90.1 Å². The van der Waals surface area contributed by atoms with Gasteiger partial charge in [0.1, 0.15) is 24.6 Å². The zero-order valence-corrected chi connectivity index (χ0v) is 35.4. The van der Waals surface area contributed by atoms with Crippen molar-refractivity contribution in [3.8, 4) is 29.0 Å². The highest BCUT2D eigenvalue weighted by atomic mass is 79.9. The van der Waals surface area contributed by atoms with Gasteiger partial charge in [-0.25, -0.2) is 4.98 Å². The molecule has 3 aromatic heterocycles. The highest BCUT2D eigenvalue weighted by Crippen LogP contribution is 2.43. The molecule has 0 bridgehead atoms. The van der Waals surface area contributed by atoms with Crippen LogP contribution in [0.3, 0.4) is 0 Å². The number of carbonyl (C=O) groups is 3. The number of pyridine rings is 3. The molecule has 2 aromatic carbocycles. The Bertz CT molecular complexity index is 2500. The van der Waals surface area contributed by atoms with Crippen LogP contribution in [0.4, 0.5) is 5.82 Å². The number of hydrogen-bond donors (Lipinski definition) is 5. The molecule has 14 nitrogen and oxygen atoms in total. The summed E-state index contributed by atoms with van der Waals surface area (Å²) in [6, 6.07) is 21.1. The number of carbonyl (C=O) groups excluding carboxylic acids is 3. The summed E-state index contributed by atoms with van der Waals surface area (Å²) in [5.74, 6) is 0.913. The van der Waals surface area contributed by atoms with E-state index in [9.17, 15) is 19.6 Å². The topological polar surface area (TPSA) is 192 Å². The second-order valence-electron chi connectivity index (χ2n) is 15.3. The molecule has 0 spiro atoms. The Morgan fingerprint density at radius 1 is 0.869 bits per heavy atom. The number of anilines is 1. The molecule has 8 rings (SSSR count). The highest BCUT2D eigenvalue weighted by Gasteiger charge is 2.30. The Morgan fingerprint density at radius 3 is 2.34 bits per heavy atom. The van der Waals surface area contributed by atoms with E-state index in [0.717, 1.165) is 51.8 Å². The maximum absolute atomic E-state index is 13.5. The van der Waals surface area contributed by atoms with E-state index in [1.807, 2.05) is 42.5 Å². The summed E-state index contributed by atoms with van der Waals surface area (Å²) in [6.07, 6.45) is 8.64. The molecule has 2 saturated heterocycles. The van der Waals surface area contributed by atoms with Gasteiger partial charge >= 0.3 is 0 Å². The molecule has 3 atom stereocenters. The summed E-state index contributed by atoms with van der Waals surface area (Å²) in [4.78, 5) is 50.2. The predicted octanol–water partition coefficient (Wildman–Crippen LogP) is 6.46. The van der Waals surface area contributed by atoms with Gasteiger partial charge in [-0.05, 0) is 88.1 Å². The number of ether oxygens (including phenoxy) is 2. The fourth-order valence-corrected chi connectivity index (χ4v) is 8.64. The summed E-state index contributed by atoms with van der Waals surface area (Å²) in [5.41, 5.74) is 6.94. The van der Waals surface area contributed by atoms with Crippen LogP contribution >= 0.6 is 27.5 Å². The van der Waals surface area contributed by atoms with E-state index in [4.69, 9.17) is 26.1 Å². The van der Waals surface area contributed by atoms with E-state index >= 15 is 0 Å². The standard InChI is InChI=1S/C45H43BrClN9O5/c46-37-16-29(22-51-24-31-9-14-41(58)54-31)44(60-25-28-15-27(17-48)19-49-20-28)56-45(37)61-38-11-10-33-32(3-1-4-34(33)38)35-5-2-6-36(42(35)47)43(59)55-39-12-7-26(21-52-39)18-50-23-30-8-13-40(57)53-30/h1-7,12,15-16,19-21,30-31,38,50-51H,8-11,13-14,18,22-25H2,(H,53,57)(H,54,58)(H,52,55,59)/t30-,31-,38-/m0/s1. The Hall–Kier alpha value is -5.92. The van der Waals surface area contributed by atoms with E-state index in [1.165, 1.54) is 6.20 Å². The molecule has 0 saturated carbocycles. The summed E-state index contributed by atoms with van der Waals surface area (Å²) >= 11 is 10.7. The second-order valence-corrected chi connectivity index (χ2v) is 16.5. The number of benzene rings is 2. The number of nitrogens with zero attached hydrogens (tertiary/aromatic N) is 4. The Morgan fingerprint density at radius 2 is 1.62 bits per heavy atom. The van der Waals surface area contributed by atoms with Crippen molar-refractivity contribution in [1.82, 2.24) is 36.2 Å². The van der Waals surface area contributed by atoms with Crippen LogP contribution in [0.1, 0.15) is 81.9 Å². The van der Waals surface area contributed by atoms with Crippen LogP contribution in [-0.2, 0) is 35.7 Å². The second kappa shape index (κ2) is 19.2. The van der Waals surface area contributed by atoms with Gasteiger partial charge in [0, 0.05) is 86.4 Å². The smallest absolute Gasteiger partial charge is 0.258 e. The maximum atomic E-state index is 13.5. The molecule has 3 amide bonds. The lowest BCUT2D eigenvalue weighted by atomic mass is 9.95. The van der Waals surface area contributed by atoms with Gasteiger partial charge in [-0.15, -0.1) is 0 Å². The average Bonchev–Trinajstić information content (AvgIpc) is 4.01. The normalized spacial score (nSPS) is 18.0. The first kappa shape index (κ1) is 41.8. The Labute approximate surface area is 366 Å². The number of amides is 3. The van der Waals surface area contributed by atoms with Crippen LogP contribution in [0.15, 0.2) is 83.7 Å². The summed E-state index contributed by atoms with van der Waals surface area (Å²) in [7, 11) is 0. The number of halogens is 2. The lowest BCUT2D eigenvalue weighted by Gasteiger charge is -2.19. The van der Waals surface area contributed by atoms with E-state index < -0.39 is 0 Å². The zero-order chi connectivity index (χ0) is 42.3. The van der Waals surface area contributed by atoms with Gasteiger partial charge in [0.05, 0.1) is 20.6 Å². The first-order valence-corrected chi connectivity index (χ1v) is 21.4. The number of aromatic nitrogens is 3. The third-order valence-corrected chi connectivity index (χ3v) is 11.9. The van der Waals surface area contributed by atoms with Crippen LogP contribution in [0.25, 0.3) is 11.1 Å². The summed E-state index contributed by atoms with van der Waals surface area (Å²) in [5, 5.41) is 25.3. The molecular weight excluding hydrogens is 862 g/mol. The number of fused-ring (bicyclic) bond motifs is 1. The fourth-order valence-electron chi connectivity index (χ4n) is 7.87. The van der Waals surface area contributed by atoms with Crippen molar-refractivity contribution in [1.29, 1.82) is 5.26 Å². The third kappa shape index (κ3) is 10.2. The van der Waals surface area contributed by atoms with Crippen LogP contribution in [0, 0.1) is 11.3 Å². The lowest BCUT2D eigenvalue weighted by molar-refractivity contribution is -0.120. The minimum atomic E-state index is -0.372. The first-order chi connectivity index (χ1) is 29.7. The first-order valence-electron chi connectivity index (χ1n) is 20.2. The molecule has 5 N–H and O–H groups in total. The average molecular weight is 905 g/mol. The van der Waals surface area contributed by atoms with Gasteiger partial charge in [0.25, 0.3) is 5.91 Å². The van der Waals surface area contributed by atoms with Crippen LogP contribution in [-0.4, -0.2) is 57.8 Å². The minimum absolute atomic E-state index is 0.0600. The highest BCUT2D eigenvalue weighted by molar-refractivity contribution is 9.10. The largest absolute Gasteiger partial charge is 0.472 e. The zero-order valence-electron chi connectivity index (χ0n) is 33.1. The molecule has 3 aliphatic rings. The number of nitrogens with one attached hydrogen (secondary N) is 5. The van der Waals surface area contributed by atoms with Crippen molar-refractivity contribution >= 4 is 51.1 Å². The van der Waals surface area contributed by atoms with E-state index in [2.05, 4.69) is 58.6 Å². The Balaban J connectivity index is 0.956. The molecule has 1 aliphatic carbocycles. The molecule has 5 aromatic rings. The molecule has 2 fully saturated rings.